The number of halogens is 1. The van der Waals surface area contributed by atoms with Gasteiger partial charge in [-0.25, -0.2) is 0 Å². The van der Waals surface area contributed by atoms with Gasteiger partial charge in [-0.15, -0.1) is 24.0 Å². The van der Waals surface area contributed by atoms with E-state index in [0.29, 0.717) is 12.5 Å². The highest BCUT2D eigenvalue weighted by Gasteiger charge is 2.07. The van der Waals surface area contributed by atoms with E-state index in [1.807, 2.05) is 30.3 Å². The summed E-state index contributed by atoms with van der Waals surface area (Å²) in [5.41, 5.74) is 2.43. The summed E-state index contributed by atoms with van der Waals surface area (Å²) in [4.78, 5) is 4.28. The minimum atomic E-state index is 0. The van der Waals surface area contributed by atoms with Crippen molar-refractivity contribution in [3.8, 4) is 5.75 Å². The monoisotopic (exact) mass is 439 g/mol. The predicted molar refractivity (Wildman–Crippen MR) is 111 cm³/mol. The summed E-state index contributed by atoms with van der Waals surface area (Å²) in [5.74, 6) is 2.09. The maximum absolute atomic E-state index is 5.37. The number of para-hydroxylation sites is 1. The van der Waals surface area contributed by atoms with Gasteiger partial charge in [0, 0.05) is 25.7 Å². The van der Waals surface area contributed by atoms with Crippen LogP contribution in [0.3, 0.4) is 0 Å². The lowest BCUT2D eigenvalue weighted by atomic mass is 10.0. The number of nitrogens with one attached hydrogen (secondary N) is 2. The van der Waals surface area contributed by atoms with Crippen LogP contribution in [0.4, 0.5) is 0 Å². The zero-order valence-corrected chi connectivity index (χ0v) is 16.8. The zero-order valence-electron chi connectivity index (χ0n) is 14.5. The van der Waals surface area contributed by atoms with Gasteiger partial charge in [0.1, 0.15) is 5.75 Å². The van der Waals surface area contributed by atoms with Gasteiger partial charge in [0.2, 0.25) is 0 Å². The molecule has 1 atom stereocenters. The summed E-state index contributed by atoms with van der Waals surface area (Å²) in [6.45, 7) is 3.70. The summed E-state index contributed by atoms with van der Waals surface area (Å²) < 4.78 is 5.37. The number of hydrogen-bond donors (Lipinski definition) is 2. The SMILES string of the molecule is CN=C(NCc1ccccc1OC)NCC(C)c1ccccc1.I. The highest BCUT2D eigenvalue weighted by molar-refractivity contribution is 14.0. The van der Waals surface area contributed by atoms with Gasteiger partial charge in [0.25, 0.3) is 0 Å². The lowest BCUT2D eigenvalue weighted by Gasteiger charge is -2.17. The van der Waals surface area contributed by atoms with Crippen LogP contribution in [0.5, 0.6) is 5.75 Å². The van der Waals surface area contributed by atoms with Crippen molar-refractivity contribution in [1.29, 1.82) is 0 Å². The van der Waals surface area contributed by atoms with E-state index < -0.39 is 0 Å². The maximum atomic E-state index is 5.37. The van der Waals surface area contributed by atoms with Crippen molar-refractivity contribution in [3.05, 3.63) is 65.7 Å². The molecule has 2 N–H and O–H groups in total. The van der Waals surface area contributed by atoms with Crippen LogP contribution in [-0.2, 0) is 6.54 Å². The van der Waals surface area contributed by atoms with Crippen molar-refractivity contribution in [2.45, 2.75) is 19.4 Å². The average Bonchev–Trinajstić information content (AvgIpc) is 2.62. The molecular formula is C19H26IN3O. The molecule has 0 bridgehead atoms. The normalized spacial score (nSPS) is 12.0. The van der Waals surface area contributed by atoms with Gasteiger partial charge in [0.15, 0.2) is 5.96 Å². The Bertz CT molecular complexity index is 632. The fourth-order valence-corrected chi connectivity index (χ4v) is 2.40. The van der Waals surface area contributed by atoms with Gasteiger partial charge in [-0.1, -0.05) is 55.5 Å². The van der Waals surface area contributed by atoms with Crippen LogP contribution in [-0.4, -0.2) is 26.7 Å². The third kappa shape index (κ3) is 6.03. The number of guanidine groups is 1. The molecule has 0 aliphatic rings. The highest BCUT2D eigenvalue weighted by atomic mass is 127. The zero-order chi connectivity index (χ0) is 16.5. The van der Waals surface area contributed by atoms with Crippen molar-refractivity contribution in [1.82, 2.24) is 10.6 Å². The molecule has 0 heterocycles. The summed E-state index contributed by atoms with van der Waals surface area (Å²) >= 11 is 0. The van der Waals surface area contributed by atoms with E-state index in [1.165, 1.54) is 5.56 Å². The van der Waals surface area contributed by atoms with Crippen molar-refractivity contribution in [2.24, 2.45) is 4.99 Å². The Morgan fingerprint density at radius 2 is 1.71 bits per heavy atom. The molecule has 0 aliphatic carbocycles. The second-order valence-electron chi connectivity index (χ2n) is 5.43. The van der Waals surface area contributed by atoms with E-state index in [-0.39, 0.29) is 24.0 Å². The summed E-state index contributed by atoms with van der Waals surface area (Å²) in [5, 5.41) is 6.70. The van der Waals surface area contributed by atoms with E-state index in [9.17, 15) is 0 Å². The molecule has 130 valence electrons. The Balaban J connectivity index is 0.00000288. The van der Waals surface area contributed by atoms with E-state index in [4.69, 9.17) is 4.74 Å². The largest absolute Gasteiger partial charge is 0.496 e. The molecule has 24 heavy (non-hydrogen) atoms. The van der Waals surface area contributed by atoms with E-state index in [2.05, 4.69) is 46.8 Å². The number of rotatable bonds is 6. The number of ether oxygens (including phenoxy) is 1. The molecule has 0 fully saturated rings. The van der Waals surface area contributed by atoms with E-state index >= 15 is 0 Å². The van der Waals surface area contributed by atoms with Crippen LogP contribution < -0.4 is 15.4 Å². The number of methoxy groups -OCH3 is 1. The lowest BCUT2D eigenvalue weighted by Crippen LogP contribution is -2.38. The number of nitrogens with zero attached hydrogens (tertiary/aromatic N) is 1. The first-order valence-corrected chi connectivity index (χ1v) is 7.86. The first-order chi connectivity index (χ1) is 11.2. The molecule has 2 aromatic rings. The Hall–Kier alpha value is -1.76. The molecule has 5 heteroatoms. The van der Waals surface area contributed by atoms with Crippen molar-refractivity contribution >= 4 is 29.9 Å². The predicted octanol–water partition coefficient (Wildman–Crippen LogP) is 3.78. The summed E-state index contributed by atoms with van der Waals surface area (Å²) in [7, 11) is 3.47. The van der Waals surface area contributed by atoms with Crippen molar-refractivity contribution < 1.29 is 4.74 Å². The Kier molecular flexibility index (Phi) is 9.22. The number of hydrogen-bond acceptors (Lipinski definition) is 2. The van der Waals surface area contributed by atoms with Gasteiger partial charge in [-0.05, 0) is 17.5 Å². The molecular weight excluding hydrogens is 413 g/mol. The second kappa shape index (κ2) is 10.9. The molecule has 4 nitrogen and oxygen atoms in total. The molecule has 2 rings (SSSR count). The van der Waals surface area contributed by atoms with Crippen LogP contribution in [0.25, 0.3) is 0 Å². The van der Waals surface area contributed by atoms with Crippen LogP contribution in [0.2, 0.25) is 0 Å². The minimum Gasteiger partial charge on any atom is -0.496 e. The Morgan fingerprint density at radius 1 is 1.04 bits per heavy atom. The molecule has 1 unspecified atom stereocenters. The Labute approximate surface area is 161 Å². The molecule has 0 radical (unpaired) electrons. The number of aliphatic imine (C=N–C) groups is 1. The molecule has 0 amide bonds. The third-order valence-electron chi connectivity index (χ3n) is 3.81. The maximum Gasteiger partial charge on any atom is 0.191 e. The average molecular weight is 439 g/mol. The molecule has 0 saturated heterocycles. The standard InChI is InChI=1S/C19H25N3O.HI/c1-15(16-9-5-4-6-10-16)13-21-19(20-2)22-14-17-11-7-8-12-18(17)23-3;/h4-12,15H,13-14H2,1-3H3,(H2,20,21,22);1H. The second-order valence-corrected chi connectivity index (χ2v) is 5.43. The van der Waals surface area contributed by atoms with E-state index in [1.54, 1.807) is 14.2 Å². The van der Waals surface area contributed by atoms with Gasteiger partial charge < -0.3 is 15.4 Å². The smallest absolute Gasteiger partial charge is 0.191 e. The third-order valence-corrected chi connectivity index (χ3v) is 3.81. The molecule has 0 saturated carbocycles. The molecule has 0 aromatic heterocycles. The van der Waals surface area contributed by atoms with Gasteiger partial charge in [-0.2, -0.15) is 0 Å². The number of benzene rings is 2. The van der Waals surface area contributed by atoms with Crippen molar-refractivity contribution in [3.63, 3.8) is 0 Å². The summed E-state index contributed by atoms with van der Waals surface area (Å²) in [6, 6.07) is 18.5. The highest BCUT2D eigenvalue weighted by Crippen LogP contribution is 2.16. The van der Waals surface area contributed by atoms with Crippen LogP contribution in [0.1, 0.15) is 24.0 Å². The van der Waals surface area contributed by atoms with Gasteiger partial charge >= 0.3 is 0 Å². The first-order valence-electron chi connectivity index (χ1n) is 7.86. The van der Waals surface area contributed by atoms with Crippen LogP contribution in [0, 0.1) is 0 Å². The van der Waals surface area contributed by atoms with E-state index in [0.717, 1.165) is 23.8 Å². The van der Waals surface area contributed by atoms with Gasteiger partial charge in [-0.3, -0.25) is 4.99 Å². The van der Waals surface area contributed by atoms with Crippen molar-refractivity contribution in [2.75, 3.05) is 20.7 Å². The quantitative estimate of drug-likeness (QED) is 0.409. The lowest BCUT2D eigenvalue weighted by molar-refractivity contribution is 0.409. The molecule has 0 spiro atoms. The van der Waals surface area contributed by atoms with Crippen LogP contribution >= 0.6 is 24.0 Å². The van der Waals surface area contributed by atoms with Crippen LogP contribution in [0.15, 0.2) is 59.6 Å². The molecule has 0 aliphatic heterocycles. The minimum absolute atomic E-state index is 0. The summed E-state index contributed by atoms with van der Waals surface area (Å²) in [6.07, 6.45) is 0. The molecule has 2 aromatic carbocycles. The fourth-order valence-electron chi connectivity index (χ4n) is 2.40. The van der Waals surface area contributed by atoms with Gasteiger partial charge in [0.05, 0.1) is 7.11 Å². The fraction of sp³-hybridized carbons (Fsp3) is 0.316. The Morgan fingerprint density at radius 3 is 2.38 bits per heavy atom. The topological polar surface area (TPSA) is 45.7 Å². The first kappa shape index (κ1) is 20.3.